The quantitative estimate of drug-likeness (QED) is 0.383. The number of rotatable bonds is 4. The molecular weight excluding hydrogens is 475 g/mol. The van der Waals surface area contributed by atoms with Crippen molar-refractivity contribution in [2.24, 2.45) is 0 Å². The lowest BCUT2D eigenvalue weighted by Crippen LogP contribution is -2.32. The van der Waals surface area contributed by atoms with Gasteiger partial charge in [-0.25, -0.2) is 19.0 Å². The molecule has 1 saturated heterocycles. The highest BCUT2D eigenvalue weighted by atomic mass is 19.1. The molecule has 0 saturated carbocycles. The normalized spacial score (nSPS) is 14.5. The molecule has 188 valence electrons. The highest BCUT2D eigenvalue weighted by Crippen LogP contribution is 2.33. The number of halogens is 1. The molecule has 0 spiro atoms. The lowest BCUT2D eigenvalue weighted by atomic mass is 10.0. The number of aromatic nitrogens is 5. The molecule has 5 aromatic rings. The molecule has 3 aromatic heterocycles. The van der Waals surface area contributed by atoms with Crippen LogP contribution in [-0.2, 0) is 11.3 Å². The summed E-state index contributed by atoms with van der Waals surface area (Å²) in [6.45, 7) is 3.35. The van der Waals surface area contributed by atoms with E-state index in [4.69, 9.17) is 15.6 Å². The fourth-order valence-electron chi connectivity index (χ4n) is 5.28. The van der Waals surface area contributed by atoms with Gasteiger partial charge in [0.1, 0.15) is 29.4 Å². The summed E-state index contributed by atoms with van der Waals surface area (Å²) >= 11 is 0. The first kappa shape index (κ1) is 23.1. The van der Waals surface area contributed by atoms with E-state index in [9.17, 15) is 14.3 Å². The van der Waals surface area contributed by atoms with Gasteiger partial charge >= 0.3 is 0 Å². The summed E-state index contributed by atoms with van der Waals surface area (Å²) in [5.74, 6) is -0.649. The highest BCUT2D eigenvalue weighted by Gasteiger charge is 2.24. The van der Waals surface area contributed by atoms with Crippen LogP contribution in [0.1, 0.15) is 30.1 Å². The molecule has 4 heterocycles. The van der Waals surface area contributed by atoms with Gasteiger partial charge in [0, 0.05) is 36.6 Å². The average molecular weight is 501 g/mol. The number of aryl methyl sites for hydroxylation is 1. The Morgan fingerprint density at radius 3 is 2.73 bits per heavy atom. The molecule has 1 fully saturated rings. The number of hydrogen-bond donors (Lipinski definition) is 2. The van der Waals surface area contributed by atoms with Crippen molar-refractivity contribution in [3.8, 4) is 17.0 Å². The fourth-order valence-corrected chi connectivity index (χ4v) is 5.28. The number of phenolic OH excluding ortho intramolecular Hbond substituents is 1. The van der Waals surface area contributed by atoms with Gasteiger partial charge in [-0.1, -0.05) is 18.2 Å². The number of nitrogen functional groups attached to an aromatic ring is 1. The van der Waals surface area contributed by atoms with Gasteiger partial charge in [-0.05, 0) is 48.9 Å². The number of nitrogens with zero attached hydrogens (tertiary/aromatic N) is 5. The SMILES string of the molecule is Cc1cccc2cc(Cn3nc(-c4cc(O)cc(F)c4)c4c(N)ncnc43)n(C3CCOCC3)c(=O)c12. The predicted molar refractivity (Wildman–Crippen MR) is 138 cm³/mol. The summed E-state index contributed by atoms with van der Waals surface area (Å²) in [5.41, 5.74) is 9.00. The minimum absolute atomic E-state index is 0.0126. The van der Waals surface area contributed by atoms with Gasteiger partial charge in [0.05, 0.1) is 17.3 Å². The van der Waals surface area contributed by atoms with Crippen molar-refractivity contribution in [3.05, 3.63) is 76.2 Å². The van der Waals surface area contributed by atoms with Crippen molar-refractivity contribution < 1.29 is 14.2 Å². The van der Waals surface area contributed by atoms with E-state index in [1.165, 1.54) is 18.5 Å². The Labute approximate surface area is 211 Å². The van der Waals surface area contributed by atoms with Crippen LogP contribution in [0, 0.1) is 12.7 Å². The zero-order chi connectivity index (χ0) is 25.7. The third-order valence-electron chi connectivity index (χ3n) is 6.95. The summed E-state index contributed by atoms with van der Waals surface area (Å²) in [5, 5.41) is 16.7. The first-order chi connectivity index (χ1) is 17.9. The number of nitrogens with two attached hydrogens (primary N) is 1. The molecule has 6 rings (SSSR count). The molecule has 1 aliphatic rings. The Kier molecular flexibility index (Phi) is 5.60. The number of fused-ring (bicyclic) bond motifs is 2. The molecule has 0 radical (unpaired) electrons. The molecule has 3 N–H and O–H groups in total. The van der Waals surface area contributed by atoms with Crippen LogP contribution in [0.2, 0.25) is 0 Å². The smallest absolute Gasteiger partial charge is 0.259 e. The van der Waals surface area contributed by atoms with Crippen LogP contribution in [-0.4, -0.2) is 42.6 Å². The van der Waals surface area contributed by atoms with Crippen molar-refractivity contribution in [1.29, 1.82) is 0 Å². The van der Waals surface area contributed by atoms with Gasteiger partial charge < -0.3 is 20.1 Å². The molecular formula is C27H25FN6O3. The molecule has 37 heavy (non-hydrogen) atoms. The zero-order valence-electron chi connectivity index (χ0n) is 20.2. The highest BCUT2D eigenvalue weighted by molar-refractivity contribution is 5.98. The van der Waals surface area contributed by atoms with Crippen molar-refractivity contribution in [1.82, 2.24) is 24.3 Å². The lowest BCUT2D eigenvalue weighted by molar-refractivity contribution is 0.0679. The Morgan fingerprint density at radius 2 is 1.95 bits per heavy atom. The van der Waals surface area contributed by atoms with Gasteiger partial charge in [0.15, 0.2) is 5.65 Å². The molecule has 0 amide bonds. The van der Waals surface area contributed by atoms with Crippen LogP contribution >= 0.6 is 0 Å². The maximum absolute atomic E-state index is 14.1. The van der Waals surface area contributed by atoms with Gasteiger partial charge in [-0.3, -0.25) is 4.79 Å². The zero-order valence-corrected chi connectivity index (χ0v) is 20.2. The first-order valence-electron chi connectivity index (χ1n) is 12.1. The largest absolute Gasteiger partial charge is 0.508 e. The van der Waals surface area contributed by atoms with Gasteiger partial charge in [-0.15, -0.1) is 0 Å². The van der Waals surface area contributed by atoms with Crippen molar-refractivity contribution in [2.45, 2.75) is 32.4 Å². The first-order valence-corrected chi connectivity index (χ1v) is 12.1. The van der Waals surface area contributed by atoms with E-state index in [1.807, 2.05) is 35.8 Å². The van der Waals surface area contributed by atoms with E-state index < -0.39 is 5.82 Å². The fraction of sp³-hybridized carbons (Fsp3) is 0.259. The molecule has 2 aromatic carbocycles. The summed E-state index contributed by atoms with van der Waals surface area (Å²) in [7, 11) is 0. The molecule has 0 unspecified atom stereocenters. The van der Waals surface area contributed by atoms with Crippen molar-refractivity contribution >= 4 is 27.6 Å². The number of benzene rings is 2. The number of pyridine rings is 1. The maximum atomic E-state index is 14.1. The molecule has 10 heteroatoms. The minimum Gasteiger partial charge on any atom is -0.508 e. The predicted octanol–water partition coefficient (Wildman–Crippen LogP) is 3.94. The van der Waals surface area contributed by atoms with Crippen molar-refractivity contribution in [3.63, 3.8) is 0 Å². The monoisotopic (exact) mass is 500 g/mol. The van der Waals surface area contributed by atoms with E-state index in [0.717, 1.165) is 35.6 Å². The van der Waals surface area contributed by atoms with Crippen molar-refractivity contribution in [2.75, 3.05) is 18.9 Å². The Hall–Kier alpha value is -4.31. The number of ether oxygens (including phenoxy) is 1. The second-order valence-electron chi connectivity index (χ2n) is 9.36. The minimum atomic E-state index is -0.605. The van der Waals surface area contributed by atoms with E-state index in [-0.39, 0.29) is 29.7 Å². The van der Waals surface area contributed by atoms with E-state index in [1.54, 1.807) is 4.68 Å². The van der Waals surface area contributed by atoms with Gasteiger partial charge in [0.2, 0.25) is 0 Å². The summed E-state index contributed by atoms with van der Waals surface area (Å²) < 4.78 is 23.2. The average Bonchev–Trinajstić information content (AvgIpc) is 3.24. The number of phenols is 1. The standard InChI is InChI=1S/C27H25FN6O3/c1-15-3-2-4-16-10-20(34(27(36)22(15)16)19-5-7-37-8-6-19)13-33-26-23(25(29)30-14-31-26)24(32-33)17-9-18(28)12-21(35)11-17/h2-4,9-12,14,19,35H,5-8,13H2,1H3,(H2,29,30,31). The summed E-state index contributed by atoms with van der Waals surface area (Å²) in [4.78, 5) is 22.4. The summed E-state index contributed by atoms with van der Waals surface area (Å²) in [6, 6.07) is 11.5. The van der Waals surface area contributed by atoms with Crippen LogP contribution in [0.5, 0.6) is 5.75 Å². The second-order valence-corrected chi connectivity index (χ2v) is 9.36. The van der Waals surface area contributed by atoms with Crippen LogP contribution in [0.15, 0.2) is 53.6 Å². The van der Waals surface area contributed by atoms with Crippen LogP contribution in [0.25, 0.3) is 33.1 Å². The van der Waals surface area contributed by atoms with E-state index in [2.05, 4.69) is 9.97 Å². The topological polar surface area (TPSA) is 121 Å². The summed E-state index contributed by atoms with van der Waals surface area (Å²) in [6.07, 6.45) is 2.80. The van der Waals surface area contributed by atoms with Gasteiger partial charge in [-0.2, -0.15) is 5.10 Å². The number of hydrogen-bond acceptors (Lipinski definition) is 7. The lowest BCUT2D eigenvalue weighted by Gasteiger charge is -2.27. The number of anilines is 1. The third-order valence-corrected chi connectivity index (χ3v) is 6.95. The molecule has 0 aliphatic carbocycles. The van der Waals surface area contributed by atoms with E-state index >= 15 is 0 Å². The number of aromatic hydroxyl groups is 1. The Bertz CT molecular complexity index is 1700. The van der Waals surface area contributed by atoms with E-state index in [0.29, 0.717) is 40.9 Å². The molecule has 1 aliphatic heterocycles. The Balaban J connectivity index is 1.57. The van der Waals surface area contributed by atoms with Gasteiger partial charge in [0.25, 0.3) is 5.56 Å². The second kappa shape index (κ2) is 8.97. The third kappa shape index (κ3) is 3.99. The molecule has 0 atom stereocenters. The Morgan fingerprint density at radius 1 is 1.14 bits per heavy atom. The molecule has 0 bridgehead atoms. The van der Waals surface area contributed by atoms with Crippen LogP contribution < -0.4 is 11.3 Å². The maximum Gasteiger partial charge on any atom is 0.259 e. The molecule has 9 nitrogen and oxygen atoms in total. The van der Waals surface area contributed by atoms with Crippen LogP contribution in [0.3, 0.4) is 0 Å². The van der Waals surface area contributed by atoms with Crippen LogP contribution in [0.4, 0.5) is 10.2 Å².